The van der Waals surface area contributed by atoms with E-state index < -0.39 is 4.92 Å². The Morgan fingerprint density at radius 2 is 1.89 bits per heavy atom. The summed E-state index contributed by atoms with van der Waals surface area (Å²) in [4.78, 5) is 35.9. The van der Waals surface area contributed by atoms with Gasteiger partial charge in [-0.2, -0.15) is 0 Å². The highest BCUT2D eigenvalue weighted by Gasteiger charge is 2.12. The van der Waals surface area contributed by atoms with Gasteiger partial charge in [-0.05, 0) is 42.7 Å². The van der Waals surface area contributed by atoms with Crippen LogP contribution in [0.2, 0.25) is 0 Å². The van der Waals surface area contributed by atoms with Crippen LogP contribution in [0, 0.1) is 24.0 Å². The van der Waals surface area contributed by atoms with E-state index in [0.29, 0.717) is 11.3 Å². The average Bonchev–Trinajstić information content (AvgIpc) is 2.63. The molecule has 2 aromatic rings. The summed E-state index contributed by atoms with van der Waals surface area (Å²) in [6.07, 6.45) is 2.76. The molecule has 140 valence electrons. The number of amides is 2. The lowest BCUT2D eigenvalue weighted by Crippen LogP contribution is -2.34. The van der Waals surface area contributed by atoms with Crippen molar-refractivity contribution in [3.63, 3.8) is 0 Å². The zero-order valence-electron chi connectivity index (χ0n) is 15.4. The first-order valence-electron chi connectivity index (χ1n) is 8.31. The standard InChI is InChI=1S/C20H21N3O4/c1-14-6-4-9-18(15(14)2)21-19(24)13-22(3)20(25)11-10-16-7-5-8-17(12-16)23(26)27/h4-12H,13H2,1-3H3,(H,21,24)/b11-10+. The topological polar surface area (TPSA) is 92.6 Å². The normalized spacial score (nSPS) is 10.6. The number of benzene rings is 2. The second-order valence-electron chi connectivity index (χ2n) is 6.18. The van der Waals surface area contributed by atoms with Crippen molar-refractivity contribution in [1.82, 2.24) is 4.90 Å². The maximum Gasteiger partial charge on any atom is 0.270 e. The first kappa shape index (κ1) is 19.8. The minimum absolute atomic E-state index is 0.0501. The lowest BCUT2D eigenvalue weighted by molar-refractivity contribution is -0.384. The zero-order valence-corrected chi connectivity index (χ0v) is 15.4. The number of nitrogens with one attached hydrogen (secondary N) is 1. The quantitative estimate of drug-likeness (QED) is 0.481. The number of carbonyl (C=O) groups excluding carboxylic acids is 2. The van der Waals surface area contributed by atoms with Gasteiger partial charge in [-0.3, -0.25) is 19.7 Å². The van der Waals surface area contributed by atoms with Crippen molar-refractivity contribution in [2.24, 2.45) is 0 Å². The highest BCUT2D eigenvalue weighted by Crippen LogP contribution is 2.18. The second-order valence-corrected chi connectivity index (χ2v) is 6.18. The van der Waals surface area contributed by atoms with Crippen LogP contribution in [0.15, 0.2) is 48.5 Å². The van der Waals surface area contributed by atoms with Crippen LogP contribution >= 0.6 is 0 Å². The molecule has 0 aromatic heterocycles. The molecule has 0 aliphatic heterocycles. The van der Waals surface area contributed by atoms with Gasteiger partial charge < -0.3 is 10.2 Å². The van der Waals surface area contributed by atoms with Gasteiger partial charge in [-0.15, -0.1) is 0 Å². The predicted octanol–water partition coefficient (Wildman–Crippen LogP) is 3.32. The van der Waals surface area contributed by atoms with Gasteiger partial charge in [0.25, 0.3) is 5.69 Å². The number of nitrogens with zero attached hydrogens (tertiary/aromatic N) is 2. The fourth-order valence-electron chi connectivity index (χ4n) is 2.41. The van der Waals surface area contributed by atoms with E-state index >= 15 is 0 Å². The number of hydrogen-bond acceptors (Lipinski definition) is 4. The number of nitro groups is 1. The van der Waals surface area contributed by atoms with E-state index in [1.807, 2.05) is 32.0 Å². The molecule has 2 rings (SSSR count). The molecule has 0 fully saturated rings. The first-order valence-corrected chi connectivity index (χ1v) is 8.31. The number of likely N-dealkylation sites (N-methyl/N-ethyl adjacent to an activating group) is 1. The van der Waals surface area contributed by atoms with Crippen LogP contribution in [0.25, 0.3) is 6.08 Å². The summed E-state index contributed by atoms with van der Waals surface area (Å²) in [6.45, 7) is 3.77. The van der Waals surface area contributed by atoms with Crippen LogP contribution in [0.1, 0.15) is 16.7 Å². The molecule has 0 unspecified atom stereocenters. The number of carbonyl (C=O) groups is 2. The summed E-state index contributed by atoms with van der Waals surface area (Å²) in [5.74, 6) is -0.680. The van der Waals surface area contributed by atoms with Crippen molar-refractivity contribution in [3.8, 4) is 0 Å². The fraction of sp³-hybridized carbons (Fsp3) is 0.200. The summed E-state index contributed by atoms with van der Waals surface area (Å²) in [5, 5.41) is 13.6. The van der Waals surface area contributed by atoms with Gasteiger partial charge in [0, 0.05) is 30.9 Å². The number of anilines is 1. The van der Waals surface area contributed by atoms with Crippen LogP contribution in [0.5, 0.6) is 0 Å². The molecule has 7 heteroatoms. The largest absolute Gasteiger partial charge is 0.333 e. The summed E-state index contributed by atoms with van der Waals surface area (Å²) in [7, 11) is 1.52. The Kier molecular flexibility index (Phi) is 6.43. The van der Waals surface area contributed by atoms with Crippen molar-refractivity contribution < 1.29 is 14.5 Å². The van der Waals surface area contributed by atoms with Crippen molar-refractivity contribution >= 4 is 29.3 Å². The minimum atomic E-state index is -0.497. The van der Waals surface area contributed by atoms with Crippen LogP contribution in [-0.2, 0) is 9.59 Å². The van der Waals surface area contributed by atoms with Gasteiger partial charge in [0.15, 0.2) is 0 Å². The van der Waals surface area contributed by atoms with Gasteiger partial charge in [-0.25, -0.2) is 0 Å². The summed E-state index contributed by atoms with van der Waals surface area (Å²) in [6, 6.07) is 11.6. The summed E-state index contributed by atoms with van der Waals surface area (Å²) < 4.78 is 0. The summed E-state index contributed by atoms with van der Waals surface area (Å²) in [5.41, 5.74) is 3.24. The molecule has 0 saturated carbocycles. The molecule has 7 nitrogen and oxygen atoms in total. The third kappa shape index (κ3) is 5.50. The molecular formula is C20H21N3O4. The third-order valence-electron chi connectivity index (χ3n) is 4.14. The molecule has 0 aliphatic carbocycles. The minimum Gasteiger partial charge on any atom is -0.333 e. The predicted molar refractivity (Wildman–Crippen MR) is 104 cm³/mol. The Balaban J connectivity index is 1.96. The molecular weight excluding hydrogens is 346 g/mol. The molecule has 0 saturated heterocycles. The Morgan fingerprint density at radius 1 is 1.19 bits per heavy atom. The maximum absolute atomic E-state index is 12.2. The van der Waals surface area contributed by atoms with Crippen LogP contribution < -0.4 is 5.32 Å². The van der Waals surface area contributed by atoms with Crippen LogP contribution in [-0.4, -0.2) is 35.2 Å². The molecule has 0 bridgehead atoms. The molecule has 27 heavy (non-hydrogen) atoms. The highest BCUT2D eigenvalue weighted by atomic mass is 16.6. The number of hydrogen-bond donors (Lipinski definition) is 1. The molecule has 0 heterocycles. The molecule has 1 N–H and O–H groups in total. The fourth-order valence-corrected chi connectivity index (χ4v) is 2.41. The molecule has 0 radical (unpaired) electrons. The Morgan fingerprint density at radius 3 is 2.59 bits per heavy atom. The number of non-ortho nitro benzene ring substituents is 1. The molecule has 2 amide bonds. The smallest absolute Gasteiger partial charge is 0.270 e. The van der Waals surface area contributed by atoms with Crippen molar-refractivity contribution in [3.05, 3.63) is 75.3 Å². The highest BCUT2D eigenvalue weighted by molar-refractivity contribution is 5.98. The SMILES string of the molecule is Cc1cccc(NC(=O)CN(C)C(=O)/C=C/c2cccc([N+](=O)[O-])c2)c1C. The Labute approximate surface area is 157 Å². The molecule has 0 aliphatic rings. The van der Waals surface area contributed by atoms with E-state index in [-0.39, 0.29) is 24.0 Å². The van der Waals surface area contributed by atoms with Gasteiger partial charge in [0.05, 0.1) is 11.5 Å². The Hall–Kier alpha value is -3.48. The van der Waals surface area contributed by atoms with Crippen LogP contribution in [0.4, 0.5) is 11.4 Å². The van der Waals surface area contributed by atoms with Crippen molar-refractivity contribution in [1.29, 1.82) is 0 Å². The van der Waals surface area contributed by atoms with Gasteiger partial charge in [0.1, 0.15) is 0 Å². The average molecular weight is 367 g/mol. The van der Waals surface area contributed by atoms with E-state index in [9.17, 15) is 19.7 Å². The van der Waals surface area contributed by atoms with E-state index in [1.165, 1.54) is 36.2 Å². The first-order chi connectivity index (χ1) is 12.8. The lowest BCUT2D eigenvalue weighted by Gasteiger charge is -2.16. The lowest BCUT2D eigenvalue weighted by atomic mass is 10.1. The second kappa shape index (κ2) is 8.75. The van der Waals surface area contributed by atoms with E-state index in [4.69, 9.17) is 0 Å². The molecule has 0 spiro atoms. The maximum atomic E-state index is 12.2. The number of aryl methyl sites for hydroxylation is 1. The van der Waals surface area contributed by atoms with Gasteiger partial charge >= 0.3 is 0 Å². The Bertz CT molecular complexity index is 906. The number of rotatable bonds is 6. The monoisotopic (exact) mass is 367 g/mol. The molecule has 0 atom stereocenters. The van der Waals surface area contributed by atoms with E-state index in [1.54, 1.807) is 12.1 Å². The number of nitro benzene ring substituents is 1. The van der Waals surface area contributed by atoms with Crippen molar-refractivity contribution in [2.75, 3.05) is 18.9 Å². The van der Waals surface area contributed by atoms with E-state index in [2.05, 4.69) is 5.32 Å². The third-order valence-corrected chi connectivity index (χ3v) is 4.14. The van der Waals surface area contributed by atoms with Crippen molar-refractivity contribution in [2.45, 2.75) is 13.8 Å². The van der Waals surface area contributed by atoms with Gasteiger partial charge in [0.2, 0.25) is 11.8 Å². The molecule has 2 aromatic carbocycles. The zero-order chi connectivity index (χ0) is 20.0. The van der Waals surface area contributed by atoms with Crippen LogP contribution in [0.3, 0.4) is 0 Å². The summed E-state index contributed by atoms with van der Waals surface area (Å²) >= 11 is 0. The van der Waals surface area contributed by atoms with E-state index in [0.717, 1.165) is 11.1 Å². The van der Waals surface area contributed by atoms with Gasteiger partial charge in [-0.1, -0.05) is 24.3 Å².